The van der Waals surface area contributed by atoms with E-state index >= 15 is 0 Å². The summed E-state index contributed by atoms with van der Waals surface area (Å²) in [7, 11) is 3.80. The summed E-state index contributed by atoms with van der Waals surface area (Å²) in [5.41, 5.74) is 4.90. The van der Waals surface area contributed by atoms with Crippen molar-refractivity contribution >= 4 is 63.5 Å². The molecule has 3 heterocycles. The summed E-state index contributed by atoms with van der Waals surface area (Å²) in [5.74, 6) is -2.08. The Morgan fingerprint density at radius 1 is 0.710 bits per heavy atom. The number of aromatic carboxylic acids is 1. The minimum atomic E-state index is -1.20. The first-order valence-corrected chi connectivity index (χ1v) is 22.7. The van der Waals surface area contributed by atoms with Crippen LogP contribution in [-0.4, -0.2) is 122 Å². The second kappa shape index (κ2) is 21.3. The number of hydrogen-bond donors (Lipinski definition) is 2. The molecular weight excluding hydrogens is 887 g/mol. The number of amides is 1. The predicted molar refractivity (Wildman–Crippen MR) is 260 cm³/mol. The Morgan fingerprint density at radius 2 is 1.38 bits per heavy atom. The van der Waals surface area contributed by atoms with Crippen LogP contribution in [-0.2, 0) is 28.6 Å². The highest BCUT2D eigenvalue weighted by Gasteiger charge is 2.27. The lowest BCUT2D eigenvalue weighted by Crippen LogP contribution is -2.40. The van der Waals surface area contributed by atoms with E-state index in [9.17, 15) is 29.1 Å². The van der Waals surface area contributed by atoms with Crippen molar-refractivity contribution in [3.8, 4) is 33.9 Å². The molecule has 2 N–H and O–H groups in total. The normalized spacial score (nSPS) is 12.9. The number of anilines is 4. The lowest BCUT2D eigenvalue weighted by molar-refractivity contribution is -0.140. The van der Waals surface area contributed by atoms with Crippen LogP contribution in [0.15, 0.2) is 101 Å². The summed E-state index contributed by atoms with van der Waals surface area (Å²) in [4.78, 5) is 69.7. The fraction of sp³-hybridized carbons (Fsp3) is 0.308. The molecule has 0 aromatic heterocycles. The Labute approximate surface area is 398 Å². The molecule has 4 aromatic carbocycles. The summed E-state index contributed by atoms with van der Waals surface area (Å²) in [6, 6.07) is 28.5. The number of carbonyl (C=O) groups is 5. The van der Waals surface area contributed by atoms with Gasteiger partial charge >= 0.3 is 23.9 Å². The van der Waals surface area contributed by atoms with E-state index in [1.807, 2.05) is 43.3 Å². The molecule has 17 nitrogen and oxygen atoms in total. The molecular formula is C52H54N5O12+. The Kier molecular flexibility index (Phi) is 14.6. The highest BCUT2D eigenvalue weighted by atomic mass is 16.5. The molecule has 3 aliphatic heterocycles. The molecule has 358 valence electrons. The number of carboxylic acids is 1. The van der Waals surface area contributed by atoms with Crippen molar-refractivity contribution in [3.63, 3.8) is 0 Å². The average Bonchev–Trinajstić information content (AvgIpc) is 3.32. The van der Waals surface area contributed by atoms with E-state index in [1.54, 1.807) is 59.5 Å². The third-order valence-corrected chi connectivity index (χ3v) is 12.3. The molecule has 0 radical (unpaired) electrons. The molecule has 0 unspecified atom stereocenters. The van der Waals surface area contributed by atoms with Gasteiger partial charge < -0.3 is 53.2 Å². The molecule has 1 aliphatic carbocycles. The standard InChI is InChI=1S/C52H53N5O12/c1-5-54(30-47(58)64-2)42-19-13-34(27-46(42)68-25-24-67-43-11-7-6-10-41(43)57(31-48(59)65-3)32-49(60)66-4)53-51(61)33-12-16-37(40(26-33)52(62)63)50-38-17-14-35(55-20-8-21-55)28-44(38)69-45-29-36(15-18-39(45)50)56-22-9-23-56/h6-7,10-19,26-29H,5,8-9,20-25,30-32H2,1-4H3,(H-,53,61,62,63)/p+1. The number of carboxylic acid groups (broad SMARTS) is 1. The lowest BCUT2D eigenvalue weighted by Gasteiger charge is -2.33. The maximum absolute atomic E-state index is 14.1. The van der Waals surface area contributed by atoms with Crippen molar-refractivity contribution in [2.75, 3.05) is 107 Å². The van der Waals surface area contributed by atoms with Gasteiger partial charge in [-0.1, -0.05) is 18.2 Å². The predicted octanol–water partition coefficient (Wildman–Crippen LogP) is 6.15. The highest BCUT2D eigenvalue weighted by molar-refractivity contribution is 6.11. The first-order valence-electron chi connectivity index (χ1n) is 22.7. The van der Waals surface area contributed by atoms with E-state index in [1.165, 1.54) is 32.3 Å². The summed E-state index contributed by atoms with van der Waals surface area (Å²) in [6.45, 7) is 5.52. The number of para-hydroxylation sites is 2. The summed E-state index contributed by atoms with van der Waals surface area (Å²) in [5, 5.41) is 15.4. The molecule has 0 atom stereocenters. The quantitative estimate of drug-likeness (QED) is 0.0309. The number of likely N-dealkylation sites (N-methyl/N-ethyl adjacent to an activating group) is 1. The fourth-order valence-corrected chi connectivity index (χ4v) is 8.35. The summed E-state index contributed by atoms with van der Waals surface area (Å²) >= 11 is 0. The van der Waals surface area contributed by atoms with Crippen molar-refractivity contribution in [3.05, 3.63) is 114 Å². The number of nitrogens with one attached hydrogen (secondary N) is 1. The number of carbonyl (C=O) groups excluding carboxylic acids is 4. The Balaban J connectivity index is 1.07. The SMILES string of the molecule is CCN(CC(=O)OC)c1ccc(NC(=O)c2ccc(-c3c4ccc(=[N+]5CCC5)cc-4oc4cc(N5CCC5)ccc34)c(C(=O)O)c2)cc1OCCOc1ccccc1N(CC(=O)OC)CC(=O)OC. The van der Waals surface area contributed by atoms with Crippen LogP contribution in [0.1, 0.15) is 40.5 Å². The smallest absolute Gasteiger partial charge is 0.336 e. The Bertz CT molecular complexity index is 2940. The molecule has 0 spiro atoms. The summed E-state index contributed by atoms with van der Waals surface area (Å²) < 4.78 is 35.9. The zero-order valence-corrected chi connectivity index (χ0v) is 38.9. The van der Waals surface area contributed by atoms with Gasteiger partial charge in [0.05, 0.1) is 50.8 Å². The molecule has 0 bridgehead atoms. The second-order valence-corrected chi connectivity index (χ2v) is 16.5. The minimum absolute atomic E-state index is 0.00403. The van der Waals surface area contributed by atoms with Crippen molar-refractivity contribution in [2.24, 2.45) is 0 Å². The Morgan fingerprint density at radius 3 is 2.01 bits per heavy atom. The van der Waals surface area contributed by atoms with Crippen molar-refractivity contribution in [2.45, 2.75) is 19.8 Å². The summed E-state index contributed by atoms with van der Waals surface area (Å²) in [6.07, 6.45) is 2.23. The third-order valence-electron chi connectivity index (χ3n) is 12.3. The van der Waals surface area contributed by atoms with Gasteiger partial charge in [-0.05, 0) is 73.5 Å². The number of methoxy groups -OCH3 is 3. The van der Waals surface area contributed by atoms with Gasteiger partial charge in [0.1, 0.15) is 68.8 Å². The number of ether oxygens (including phenoxy) is 5. The van der Waals surface area contributed by atoms with Gasteiger partial charge in [-0.25, -0.2) is 9.37 Å². The number of rotatable bonds is 19. The van der Waals surface area contributed by atoms with E-state index in [0.29, 0.717) is 57.6 Å². The van der Waals surface area contributed by atoms with Gasteiger partial charge in [0, 0.05) is 71.3 Å². The molecule has 17 heteroatoms. The number of fused-ring (bicyclic) bond motifs is 2. The van der Waals surface area contributed by atoms with Crippen molar-refractivity contribution in [1.82, 2.24) is 4.58 Å². The van der Waals surface area contributed by atoms with Crippen LogP contribution in [0.4, 0.5) is 22.7 Å². The monoisotopic (exact) mass is 940 g/mol. The molecule has 4 aliphatic rings. The number of nitrogens with zero attached hydrogens (tertiary/aromatic N) is 4. The van der Waals surface area contributed by atoms with Crippen LogP contribution < -0.4 is 39.4 Å². The van der Waals surface area contributed by atoms with Crippen molar-refractivity contribution < 1.29 is 57.2 Å². The molecule has 69 heavy (non-hydrogen) atoms. The lowest BCUT2D eigenvalue weighted by atomic mass is 9.89. The largest absolute Gasteiger partial charge is 0.488 e. The first kappa shape index (κ1) is 47.4. The molecule has 2 saturated heterocycles. The zero-order valence-electron chi connectivity index (χ0n) is 38.9. The average molecular weight is 941 g/mol. The number of benzene rings is 5. The van der Waals surface area contributed by atoms with Gasteiger partial charge in [-0.15, -0.1) is 0 Å². The van der Waals surface area contributed by atoms with Gasteiger partial charge in [0.15, 0.2) is 0 Å². The van der Waals surface area contributed by atoms with Crippen LogP contribution >= 0.6 is 0 Å². The zero-order chi connectivity index (χ0) is 48.6. The Hall–Kier alpha value is -8.08. The van der Waals surface area contributed by atoms with Crippen LogP contribution in [0.2, 0.25) is 0 Å². The van der Waals surface area contributed by atoms with Gasteiger partial charge in [-0.3, -0.25) is 19.2 Å². The van der Waals surface area contributed by atoms with Crippen LogP contribution in [0.25, 0.3) is 33.4 Å². The van der Waals surface area contributed by atoms with E-state index in [-0.39, 0.29) is 44.0 Å². The highest BCUT2D eigenvalue weighted by Crippen LogP contribution is 2.43. The minimum Gasteiger partial charge on any atom is -0.488 e. The topological polar surface area (TPSA) is 190 Å². The number of esters is 3. The van der Waals surface area contributed by atoms with E-state index in [0.717, 1.165) is 61.0 Å². The van der Waals surface area contributed by atoms with Crippen molar-refractivity contribution in [1.29, 1.82) is 0 Å². The van der Waals surface area contributed by atoms with Gasteiger partial charge in [0.2, 0.25) is 5.36 Å². The van der Waals surface area contributed by atoms with Crippen LogP contribution in [0.5, 0.6) is 11.5 Å². The third kappa shape index (κ3) is 10.6. The molecule has 0 saturated carbocycles. The molecule has 1 amide bonds. The molecule has 8 rings (SSSR count). The van der Waals surface area contributed by atoms with Gasteiger partial charge in [0.25, 0.3) is 5.91 Å². The molecule has 4 aromatic rings. The van der Waals surface area contributed by atoms with Crippen LogP contribution in [0.3, 0.4) is 0 Å². The fourth-order valence-electron chi connectivity index (χ4n) is 8.35. The maximum Gasteiger partial charge on any atom is 0.336 e. The molecule has 2 fully saturated rings. The van der Waals surface area contributed by atoms with E-state index in [2.05, 4.69) is 14.8 Å². The van der Waals surface area contributed by atoms with E-state index < -0.39 is 29.8 Å². The second-order valence-electron chi connectivity index (χ2n) is 16.5. The van der Waals surface area contributed by atoms with Crippen LogP contribution in [0, 0.1) is 0 Å². The van der Waals surface area contributed by atoms with E-state index in [4.69, 9.17) is 28.1 Å². The number of hydrogen-bond acceptors (Lipinski definition) is 14. The van der Waals surface area contributed by atoms with Gasteiger partial charge in [-0.2, -0.15) is 0 Å². The first-order chi connectivity index (χ1) is 33.5. The maximum atomic E-state index is 14.1.